The first kappa shape index (κ1) is 27.0. The zero-order valence-electron chi connectivity index (χ0n) is 12.0. The number of esters is 1. The number of cyclic esters (lactones) is 1. The maximum atomic E-state index is 10.5. The molecule has 1 radical (unpaired) electrons. The average molecular weight is 394 g/mol. The summed E-state index contributed by atoms with van der Waals surface area (Å²) < 4.78 is 4.32. The van der Waals surface area contributed by atoms with Gasteiger partial charge in [0.2, 0.25) is 5.76 Å². The molecule has 139 valence electrons. The Morgan fingerprint density at radius 1 is 1.29 bits per heavy atom. The van der Waals surface area contributed by atoms with E-state index in [1.807, 2.05) is 0 Å². The predicted molar refractivity (Wildman–Crippen MR) is 66.1 cm³/mol. The van der Waals surface area contributed by atoms with Crippen LogP contribution in [0.25, 0.3) is 0 Å². The number of hydrogen-bond acceptors (Lipinski definition) is 11. The molecule has 13 heteroatoms. The third kappa shape index (κ3) is 8.67. The van der Waals surface area contributed by atoms with Crippen LogP contribution < -0.4 is 15.9 Å². The first-order chi connectivity index (χ1) is 10.1. The van der Waals surface area contributed by atoms with Gasteiger partial charge in [0.05, 0.1) is 12.6 Å². The minimum atomic E-state index is -1.44. The van der Waals surface area contributed by atoms with Gasteiger partial charge in [0, 0.05) is 12.0 Å². The molecule has 24 heavy (non-hydrogen) atoms. The van der Waals surface area contributed by atoms with Crippen molar-refractivity contribution in [3.8, 4) is 0 Å². The minimum Gasteiger partial charge on any atom is -0.550 e. The Balaban J connectivity index is -0.000000345. The fourth-order valence-electron chi connectivity index (χ4n) is 1.21. The third-order valence-electron chi connectivity index (χ3n) is 2.44. The quantitative estimate of drug-likeness (QED) is 0.210. The van der Waals surface area contributed by atoms with Gasteiger partial charge in [-0.05, 0) is 12.8 Å². The van der Waals surface area contributed by atoms with Crippen LogP contribution in [0.4, 0.5) is 0 Å². The van der Waals surface area contributed by atoms with Crippen molar-refractivity contribution in [1.82, 2.24) is 0 Å². The van der Waals surface area contributed by atoms with Crippen LogP contribution in [0.1, 0.15) is 12.8 Å². The van der Waals surface area contributed by atoms with Gasteiger partial charge < -0.3 is 56.2 Å². The summed E-state index contributed by atoms with van der Waals surface area (Å²) in [7, 11) is 0. The van der Waals surface area contributed by atoms with Crippen molar-refractivity contribution in [3.05, 3.63) is 11.5 Å². The molecule has 0 aromatic rings. The van der Waals surface area contributed by atoms with Crippen molar-refractivity contribution in [2.75, 3.05) is 6.61 Å². The number of carboxylic acids is 2. The van der Waals surface area contributed by atoms with Crippen molar-refractivity contribution in [2.45, 2.75) is 31.1 Å². The molecule has 0 saturated heterocycles. The number of ether oxygens (including phenoxy) is 1. The Hall–Kier alpha value is -1.89. The average Bonchev–Trinajstić information content (AvgIpc) is 2.72. The van der Waals surface area contributed by atoms with Gasteiger partial charge in [0.15, 0.2) is 11.9 Å². The van der Waals surface area contributed by atoms with E-state index in [9.17, 15) is 24.6 Å². The number of hydrogen-bond donors (Lipinski definition) is 5. The Morgan fingerprint density at radius 2 is 1.79 bits per heavy atom. The van der Waals surface area contributed by atoms with Gasteiger partial charge in [0.25, 0.3) is 0 Å². The Labute approximate surface area is 145 Å². The summed E-state index contributed by atoms with van der Waals surface area (Å²) in [5, 5.41) is 54.7. The molecule has 12 nitrogen and oxygen atoms in total. The van der Waals surface area contributed by atoms with E-state index >= 15 is 0 Å². The van der Waals surface area contributed by atoms with Crippen molar-refractivity contribution in [3.63, 3.8) is 0 Å². The predicted octanol–water partition coefficient (Wildman–Crippen LogP) is -5.64. The summed E-state index contributed by atoms with van der Waals surface area (Å²) in [6.07, 6.45) is -3.28. The largest absolute Gasteiger partial charge is 2.00 e. The smallest absolute Gasteiger partial charge is 0.550 e. The van der Waals surface area contributed by atoms with Crippen molar-refractivity contribution in [1.29, 1.82) is 0 Å². The fraction of sp³-hybridized carbons (Fsp3) is 0.545. The first-order valence-corrected chi connectivity index (χ1v) is 5.90. The van der Waals surface area contributed by atoms with Crippen LogP contribution in [0.3, 0.4) is 0 Å². The Kier molecular flexibility index (Phi) is 14.1. The molecule has 0 fully saturated rings. The number of carbonyl (C=O) groups is 3. The van der Waals surface area contributed by atoms with Crippen LogP contribution in [0.2, 0.25) is 0 Å². The molecule has 0 saturated carbocycles. The second-order valence-corrected chi connectivity index (χ2v) is 4.15. The Bertz CT molecular complexity index is 467. The van der Waals surface area contributed by atoms with E-state index in [2.05, 4.69) is 4.74 Å². The molecule has 0 aromatic carbocycles. The number of carboxylic acid groups (broad SMARTS) is 2. The zero-order chi connectivity index (χ0) is 17.4. The molecule has 1 unspecified atom stereocenters. The van der Waals surface area contributed by atoms with Crippen molar-refractivity contribution in [2.24, 2.45) is 5.73 Å². The van der Waals surface area contributed by atoms with Crippen LogP contribution in [0, 0.1) is 0 Å². The van der Waals surface area contributed by atoms with E-state index in [1.54, 1.807) is 0 Å². The molecule has 1 heterocycles. The van der Waals surface area contributed by atoms with Crippen LogP contribution in [-0.4, -0.2) is 68.7 Å². The normalized spacial score (nSPS) is 18.1. The van der Waals surface area contributed by atoms with Crippen molar-refractivity contribution < 1.29 is 72.3 Å². The summed E-state index contributed by atoms with van der Waals surface area (Å²) >= 11 is 0. The molecule has 0 bridgehead atoms. The number of nitrogens with two attached hydrogens (primary N) is 1. The molecular weight excluding hydrogens is 377 g/mol. The van der Waals surface area contributed by atoms with Gasteiger partial charge in [-0.25, -0.2) is 4.79 Å². The minimum absolute atomic E-state index is 0. The number of aliphatic hydroxyl groups excluding tert-OH is 4. The number of rotatable bonds is 6. The van der Waals surface area contributed by atoms with Crippen LogP contribution in [0.15, 0.2) is 11.5 Å². The van der Waals surface area contributed by atoms with E-state index in [1.165, 1.54) is 0 Å². The second-order valence-electron chi connectivity index (χ2n) is 4.15. The van der Waals surface area contributed by atoms with Gasteiger partial charge >= 0.3 is 23.0 Å². The van der Waals surface area contributed by atoms with E-state index in [0.717, 1.165) is 0 Å². The summed E-state index contributed by atoms with van der Waals surface area (Å²) in [6.45, 7) is -0.671. The molecule has 0 amide bonds. The molecular formula is C11H17MnNO11. The third-order valence-corrected chi connectivity index (χ3v) is 2.44. The Morgan fingerprint density at radius 3 is 2.08 bits per heavy atom. The monoisotopic (exact) mass is 394 g/mol. The van der Waals surface area contributed by atoms with Gasteiger partial charge in [-0.3, -0.25) is 0 Å². The van der Waals surface area contributed by atoms with E-state index in [4.69, 9.17) is 26.2 Å². The van der Waals surface area contributed by atoms with E-state index in [-0.39, 0.29) is 35.4 Å². The fourth-order valence-corrected chi connectivity index (χ4v) is 1.21. The molecule has 0 spiro atoms. The zero-order valence-corrected chi connectivity index (χ0v) is 13.2. The van der Waals surface area contributed by atoms with E-state index < -0.39 is 54.3 Å². The maximum absolute atomic E-state index is 10.5. The molecule has 3 atom stereocenters. The summed E-state index contributed by atoms with van der Waals surface area (Å²) in [5.41, 5.74) is 4.91. The molecule has 1 aliphatic heterocycles. The van der Waals surface area contributed by atoms with E-state index in [0.29, 0.717) is 0 Å². The van der Waals surface area contributed by atoms with Crippen LogP contribution in [-0.2, 0) is 36.2 Å². The molecule has 1 rings (SSSR count). The summed E-state index contributed by atoms with van der Waals surface area (Å²) in [4.78, 5) is 30.1. The van der Waals surface area contributed by atoms with Crippen LogP contribution in [0.5, 0.6) is 0 Å². The van der Waals surface area contributed by atoms with Gasteiger partial charge in [-0.15, -0.1) is 0 Å². The topological polar surface area (TPSA) is 245 Å². The molecule has 8 N–H and O–H groups in total. The maximum Gasteiger partial charge on any atom is 2.00 e. The number of carbonyl (C=O) groups excluding carboxylic acids is 3. The summed E-state index contributed by atoms with van der Waals surface area (Å²) in [5.74, 6) is -5.53. The first-order valence-electron chi connectivity index (χ1n) is 5.90. The van der Waals surface area contributed by atoms with Gasteiger partial charge in [-0.2, -0.15) is 0 Å². The second kappa shape index (κ2) is 12.5. The molecule has 0 aromatic heterocycles. The SMILES string of the molecule is NC(CCC(=O)[O-])C(=O)[O-].O.O=C1O[C@H]([C@@H](O)CO)C(O)=C1O.[Mn+2]. The summed E-state index contributed by atoms with van der Waals surface area (Å²) in [6, 6.07) is -1.21. The van der Waals surface area contributed by atoms with Gasteiger partial charge in [0.1, 0.15) is 6.10 Å². The van der Waals surface area contributed by atoms with Crippen LogP contribution >= 0.6 is 0 Å². The van der Waals surface area contributed by atoms with Gasteiger partial charge in [-0.1, -0.05) is 0 Å². The number of aliphatic carboxylic acids is 2. The molecule has 0 aliphatic carbocycles. The number of aliphatic hydroxyl groups is 4. The standard InChI is InChI=1S/C6H8O6.C5H9NO4.Mn.H2O/c7-1-2(8)5-3(9)4(10)6(11)12-5;6-3(5(9)10)1-2-4(7)8;;/h2,5,7-10H,1H2;3H,1-2,6H2,(H,7,8)(H,9,10);;1H2/q;;+2;/p-2/t2-,5+;;;/m0.../s1. The molecule has 1 aliphatic rings. The van der Waals surface area contributed by atoms with Crippen molar-refractivity contribution >= 4 is 17.9 Å².